The Kier molecular flexibility index (Phi) is 8.38. The lowest BCUT2D eigenvalue weighted by molar-refractivity contribution is -0.120. The second-order valence-corrected chi connectivity index (χ2v) is 8.07. The van der Waals surface area contributed by atoms with E-state index in [0.29, 0.717) is 17.9 Å². The standard InChI is InChI=1S/C28H26FN5O3/c1-2-16-37-25-14-10-20(11-15-25)27-22(19-34(33-27)24-6-4-3-5-7-24)17-31-32-26(35)18-30-28(36)21-8-12-23(29)13-9-21/h3-15,17,19H,2,16,18H2,1H3,(H,30,36)(H,32,35). The van der Waals surface area contributed by atoms with Gasteiger partial charge < -0.3 is 10.1 Å². The Hall–Kier alpha value is -4.79. The summed E-state index contributed by atoms with van der Waals surface area (Å²) in [6, 6.07) is 22.3. The summed E-state index contributed by atoms with van der Waals surface area (Å²) in [7, 11) is 0. The second-order valence-electron chi connectivity index (χ2n) is 8.07. The average Bonchev–Trinajstić information content (AvgIpc) is 3.36. The van der Waals surface area contributed by atoms with Crippen LogP contribution in [0.1, 0.15) is 29.3 Å². The fourth-order valence-corrected chi connectivity index (χ4v) is 3.43. The van der Waals surface area contributed by atoms with Crippen LogP contribution in [-0.2, 0) is 4.79 Å². The molecule has 0 spiro atoms. The lowest BCUT2D eigenvalue weighted by Gasteiger charge is -2.05. The largest absolute Gasteiger partial charge is 0.494 e. The lowest BCUT2D eigenvalue weighted by atomic mass is 10.1. The summed E-state index contributed by atoms with van der Waals surface area (Å²) in [5.41, 5.74) is 5.75. The molecule has 3 aromatic carbocycles. The van der Waals surface area contributed by atoms with Gasteiger partial charge in [-0.05, 0) is 67.1 Å². The van der Waals surface area contributed by atoms with Gasteiger partial charge in [0.05, 0.1) is 25.1 Å². The van der Waals surface area contributed by atoms with Crippen molar-refractivity contribution < 1.29 is 18.7 Å². The summed E-state index contributed by atoms with van der Waals surface area (Å²) >= 11 is 0. The summed E-state index contributed by atoms with van der Waals surface area (Å²) in [5.74, 6) is -0.671. The first-order valence-corrected chi connectivity index (χ1v) is 11.8. The number of nitrogens with zero attached hydrogens (tertiary/aromatic N) is 3. The SMILES string of the molecule is CCCOc1ccc(-c2nn(-c3ccccc3)cc2C=NNC(=O)CNC(=O)c2ccc(F)cc2)cc1. The van der Waals surface area contributed by atoms with Crippen molar-refractivity contribution in [2.45, 2.75) is 13.3 Å². The molecule has 1 aromatic heterocycles. The van der Waals surface area contributed by atoms with Gasteiger partial charge in [0, 0.05) is 22.9 Å². The predicted molar refractivity (Wildman–Crippen MR) is 139 cm³/mol. The van der Waals surface area contributed by atoms with Crippen LogP contribution < -0.4 is 15.5 Å². The molecule has 0 saturated heterocycles. The summed E-state index contributed by atoms with van der Waals surface area (Å²) in [6.45, 7) is 2.40. The number of nitrogens with one attached hydrogen (secondary N) is 2. The topological polar surface area (TPSA) is 97.6 Å². The minimum Gasteiger partial charge on any atom is -0.494 e. The molecule has 0 saturated carbocycles. The number of amides is 2. The van der Waals surface area contributed by atoms with Crippen molar-refractivity contribution in [2.75, 3.05) is 13.2 Å². The number of carbonyl (C=O) groups excluding carboxylic acids is 2. The molecule has 0 aliphatic rings. The molecule has 188 valence electrons. The van der Waals surface area contributed by atoms with Crippen LogP contribution in [0.15, 0.2) is 90.2 Å². The van der Waals surface area contributed by atoms with Crippen LogP contribution in [0.4, 0.5) is 4.39 Å². The molecule has 2 amide bonds. The van der Waals surface area contributed by atoms with Crippen LogP contribution in [0.5, 0.6) is 5.75 Å². The van der Waals surface area contributed by atoms with E-state index in [4.69, 9.17) is 9.84 Å². The maximum Gasteiger partial charge on any atom is 0.259 e. The third-order valence-electron chi connectivity index (χ3n) is 5.27. The van der Waals surface area contributed by atoms with Crippen molar-refractivity contribution >= 4 is 18.0 Å². The Balaban J connectivity index is 1.46. The van der Waals surface area contributed by atoms with E-state index < -0.39 is 17.6 Å². The Morgan fingerprint density at radius 2 is 1.76 bits per heavy atom. The van der Waals surface area contributed by atoms with Crippen molar-refractivity contribution in [1.82, 2.24) is 20.5 Å². The molecule has 8 nitrogen and oxygen atoms in total. The monoisotopic (exact) mass is 499 g/mol. The number of carbonyl (C=O) groups is 2. The molecular weight excluding hydrogens is 473 g/mol. The zero-order valence-electron chi connectivity index (χ0n) is 20.2. The average molecular weight is 500 g/mol. The van der Waals surface area contributed by atoms with Crippen molar-refractivity contribution in [3.8, 4) is 22.7 Å². The van der Waals surface area contributed by atoms with Gasteiger partial charge in [0.15, 0.2) is 0 Å². The molecule has 0 radical (unpaired) electrons. The van der Waals surface area contributed by atoms with E-state index in [-0.39, 0.29) is 12.1 Å². The molecule has 0 bridgehead atoms. The zero-order chi connectivity index (χ0) is 26.0. The molecule has 0 fully saturated rings. The third-order valence-corrected chi connectivity index (χ3v) is 5.27. The van der Waals surface area contributed by atoms with E-state index in [1.807, 2.05) is 60.8 Å². The van der Waals surface area contributed by atoms with Gasteiger partial charge in [0.1, 0.15) is 17.3 Å². The van der Waals surface area contributed by atoms with Gasteiger partial charge in [-0.2, -0.15) is 10.2 Å². The number of hydrogen-bond donors (Lipinski definition) is 2. The number of para-hydroxylation sites is 1. The van der Waals surface area contributed by atoms with E-state index in [2.05, 4.69) is 22.8 Å². The van der Waals surface area contributed by atoms with E-state index in [1.54, 1.807) is 4.68 Å². The summed E-state index contributed by atoms with van der Waals surface area (Å²) in [5, 5.41) is 11.3. The number of benzene rings is 3. The Labute approximate surface area is 213 Å². The fourth-order valence-electron chi connectivity index (χ4n) is 3.43. The van der Waals surface area contributed by atoms with Gasteiger partial charge in [-0.25, -0.2) is 14.5 Å². The molecule has 9 heteroatoms. The van der Waals surface area contributed by atoms with Crippen LogP contribution in [0, 0.1) is 5.82 Å². The first kappa shape index (κ1) is 25.3. The highest BCUT2D eigenvalue weighted by Gasteiger charge is 2.12. The van der Waals surface area contributed by atoms with Gasteiger partial charge in [-0.15, -0.1) is 0 Å². The summed E-state index contributed by atoms with van der Waals surface area (Å²) < 4.78 is 20.4. The van der Waals surface area contributed by atoms with E-state index in [9.17, 15) is 14.0 Å². The maximum absolute atomic E-state index is 13.0. The molecule has 0 atom stereocenters. The van der Waals surface area contributed by atoms with Gasteiger partial charge in [-0.3, -0.25) is 9.59 Å². The van der Waals surface area contributed by atoms with E-state index in [1.165, 1.54) is 30.5 Å². The smallest absolute Gasteiger partial charge is 0.259 e. The highest BCUT2D eigenvalue weighted by molar-refractivity contribution is 5.96. The number of aromatic nitrogens is 2. The lowest BCUT2D eigenvalue weighted by Crippen LogP contribution is -2.34. The first-order chi connectivity index (χ1) is 18.0. The van der Waals surface area contributed by atoms with Crippen molar-refractivity contribution in [3.05, 3.63) is 102 Å². The number of rotatable bonds is 10. The van der Waals surface area contributed by atoms with Crippen LogP contribution in [0.3, 0.4) is 0 Å². The molecule has 4 aromatic rings. The van der Waals surface area contributed by atoms with Crippen LogP contribution in [-0.4, -0.2) is 41.0 Å². The minimum absolute atomic E-state index is 0.252. The predicted octanol–water partition coefficient (Wildman–Crippen LogP) is 4.35. The molecule has 0 aliphatic heterocycles. The molecule has 0 unspecified atom stereocenters. The number of ether oxygens (including phenoxy) is 1. The zero-order valence-corrected chi connectivity index (χ0v) is 20.2. The summed E-state index contributed by atoms with van der Waals surface area (Å²) in [4.78, 5) is 24.3. The Morgan fingerprint density at radius 1 is 1.03 bits per heavy atom. The number of hydrogen-bond acceptors (Lipinski definition) is 5. The van der Waals surface area contributed by atoms with Crippen molar-refractivity contribution in [1.29, 1.82) is 0 Å². The number of halogens is 1. The first-order valence-electron chi connectivity index (χ1n) is 11.8. The quantitative estimate of drug-likeness (QED) is 0.250. The van der Waals surface area contributed by atoms with E-state index in [0.717, 1.165) is 23.4 Å². The second kappa shape index (κ2) is 12.3. The van der Waals surface area contributed by atoms with Gasteiger partial charge in [0.2, 0.25) is 0 Å². The van der Waals surface area contributed by atoms with Gasteiger partial charge in [0.25, 0.3) is 11.8 Å². The fraction of sp³-hybridized carbons (Fsp3) is 0.143. The summed E-state index contributed by atoms with van der Waals surface area (Å²) in [6.07, 6.45) is 4.24. The van der Waals surface area contributed by atoms with Gasteiger partial charge in [-0.1, -0.05) is 25.1 Å². The Morgan fingerprint density at radius 3 is 2.46 bits per heavy atom. The Bertz CT molecular complexity index is 1370. The minimum atomic E-state index is -0.513. The van der Waals surface area contributed by atoms with Crippen molar-refractivity contribution in [2.24, 2.45) is 5.10 Å². The molecule has 1 heterocycles. The maximum atomic E-state index is 13.0. The van der Waals surface area contributed by atoms with Crippen LogP contribution in [0.2, 0.25) is 0 Å². The third kappa shape index (κ3) is 6.88. The highest BCUT2D eigenvalue weighted by Crippen LogP contribution is 2.25. The molecule has 0 aliphatic carbocycles. The highest BCUT2D eigenvalue weighted by atomic mass is 19.1. The normalized spacial score (nSPS) is 10.9. The molecule has 2 N–H and O–H groups in total. The van der Waals surface area contributed by atoms with Crippen LogP contribution in [0.25, 0.3) is 16.9 Å². The molecule has 37 heavy (non-hydrogen) atoms. The van der Waals surface area contributed by atoms with E-state index >= 15 is 0 Å². The number of hydrazone groups is 1. The molecular formula is C28H26FN5O3. The molecule has 4 rings (SSSR count). The van der Waals surface area contributed by atoms with Crippen LogP contribution >= 0.6 is 0 Å². The van der Waals surface area contributed by atoms with Crippen molar-refractivity contribution in [3.63, 3.8) is 0 Å². The van der Waals surface area contributed by atoms with Gasteiger partial charge >= 0.3 is 0 Å².